The molecule has 0 spiro atoms. The molecule has 2 amide bonds. The zero-order chi connectivity index (χ0) is 17.4. The van der Waals surface area contributed by atoms with Crippen LogP contribution in [0.25, 0.3) is 11.0 Å². The second-order valence-electron chi connectivity index (χ2n) is 6.01. The maximum Gasteiger partial charge on any atom is 0.287 e. The Hall–Kier alpha value is -3.15. The van der Waals surface area contributed by atoms with E-state index in [0.29, 0.717) is 17.8 Å². The largest absolute Gasteiger partial charge is 0.451 e. The van der Waals surface area contributed by atoms with E-state index in [4.69, 9.17) is 4.42 Å². The Morgan fingerprint density at radius 2 is 2.00 bits per heavy atom. The third-order valence-corrected chi connectivity index (χ3v) is 4.23. The summed E-state index contributed by atoms with van der Waals surface area (Å²) in [5, 5.41) is 3.66. The summed E-state index contributed by atoms with van der Waals surface area (Å²) < 4.78 is 18.9. The van der Waals surface area contributed by atoms with Crippen LogP contribution in [0.5, 0.6) is 0 Å². The Balaban J connectivity index is 1.48. The van der Waals surface area contributed by atoms with Crippen molar-refractivity contribution in [3.8, 4) is 0 Å². The van der Waals surface area contributed by atoms with E-state index in [1.54, 1.807) is 24.3 Å². The Morgan fingerprint density at radius 3 is 2.80 bits per heavy atom. The molecule has 2 aromatic carbocycles. The molecule has 1 atom stereocenters. The summed E-state index contributed by atoms with van der Waals surface area (Å²) in [6.45, 7) is 0.300. The van der Waals surface area contributed by atoms with Crippen molar-refractivity contribution in [1.29, 1.82) is 0 Å². The number of nitrogens with one attached hydrogen (secondary N) is 1. The summed E-state index contributed by atoms with van der Waals surface area (Å²) in [6, 6.07) is 14.5. The number of carbonyl (C=O) groups is 2. The molecule has 1 fully saturated rings. The van der Waals surface area contributed by atoms with Gasteiger partial charge < -0.3 is 14.6 Å². The molecule has 3 aromatic rings. The first kappa shape index (κ1) is 15.4. The van der Waals surface area contributed by atoms with Gasteiger partial charge in [-0.3, -0.25) is 9.59 Å². The number of benzene rings is 2. The second-order valence-corrected chi connectivity index (χ2v) is 6.01. The highest BCUT2D eigenvalue weighted by Crippen LogP contribution is 2.23. The average Bonchev–Trinajstić information content (AvgIpc) is 3.18. The minimum absolute atomic E-state index is 0.152. The molecule has 6 heteroatoms. The highest BCUT2D eigenvalue weighted by molar-refractivity contribution is 5.99. The van der Waals surface area contributed by atoms with Gasteiger partial charge in [0.2, 0.25) is 5.91 Å². The molecule has 1 N–H and O–H groups in total. The smallest absolute Gasteiger partial charge is 0.287 e. The van der Waals surface area contributed by atoms with Gasteiger partial charge in [0.15, 0.2) is 5.76 Å². The monoisotopic (exact) mass is 338 g/mol. The minimum Gasteiger partial charge on any atom is -0.451 e. The summed E-state index contributed by atoms with van der Waals surface area (Å²) in [6.07, 6.45) is 0.169. The van der Waals surface area contributed by atoms with Gasteiger partial charge in [-0.25, -0.2) is 4.39 Å². The molecule has 4 rings (SSSR count). The van der Waals surface area contributed by atoms with Crippen LogP contribution < -0.4 is 10.2 Å². The van der Waals surface area contributed by atoms with Gasteiger partial charge in [0, 0.05) is 24.0 Å². The molecule has 1 aromatic heterocycles. The lowest BCUT2D eigenvalue weighted by Crippen LogP contribution is -2.37. The number of furan rings is 1. The SMILES string of the molecule is O=C(NC1CC(=O)N(c2cccc(F)c2)C1)c1cc2ccccc2o1. The number of halogens is 1. The summed E-state index contributed by atoms with van der Waals surface area (Å²) in [4.78, 5) is 26.0. The fourth-order valence-electron chi connectivity index (χ4n) is 3.05. The van der Waals surface area contributed by atoms with Gasteiger partial charge in [-0.2, -0.15) is 0 Å². The van der Waals surface area contributed by atoms with Crippen LogP contribution in [-0.4, -0.2) is 24.4 Å². The number of rotatable bonds is 3. The molecular weight excluding hydrogens is 323 g/mol. The topological polar surface area (TPSA) is 62.6 Å². The van der Waals surface area contributed by atoms with E-state index in [0.717, 1.165) is 5.39 Å². The van der Waals surface area contributed by atoms with Gasteiger partial charge in [0.25, 0.3) is 5.91 Å². The first-order valence-corrected chi connectivity index (χ1v) is 7.95. The molecule has 0 saturated carbocycles. The van der Waals surface area contributed by atoms with E-state index in [2.05, 4.69) is 5.32 Å². The molecular formula is C19H15FN2O3. The van der Waals surface area contributed by atoms with Crippen LogP contribution in [0.15, 0.2) is 59.0 Å². The molecule has 126 valence electrons. The van der Waals surface area contributed by atoms with Crippen molar-refractivity contribution in [3.05, 3.63) is 66.2 Å². The normalized spacial score (nSPS) is 17.2. The lowest BCUT2D eigenvalue weighted by Gasteiger charge is -2.17. The number of fused-ring (bicyclic) bond motifs is 1. The number of nitrogens with zero attached hydrogens (tertiary/aromatic N) is 1. The fourth-order valence-corrected chi connectivity index (χ4v) is 3.05. The van der Waals surface area contributed by atoms with Crippen molar-refractivity contribution in [2.45, 2.75) is 12.5 Å². The van der Waals surface area contributed by atoms with Crippen LogP contribution in [0, 0.1) is 5.82 Å². The summed E-state index contributed by atoms with van der Waals surface area (Å²) in [7, 11) is 0. The van der Waals surface area contributed by atoms with Crippen LogP contribution in [0.3, 0.4) is 0 Å². The second kappa shape index (κ2) is 6.05. The first-order chi connectivity index (χ1) is 12.1. The quantitative estimate of drug-likeness (QED) is 0.798. The number of hydrogen-bond acceptors (Lipinski definition) is 3. The Morgan fingerprint density at radius 1 is 1.16 bits per heavy atom. The molecule has 2 heterocycles. The third kappa shape index (κ3) is 2.98. The predicted molar refractivity (Wildman–Crippen MR) is 90.8 cm³/mol. The predicted octanol–water partition coefficient (Wildman–Crippen LogP) is 3.11. The minimum atomic E-state index is -0.403. The maximum atomic E-state index is 13.4. The number of carbonyl (C=O) groups excluding carboxylic acids is 2. The van der Waals surface area contributed by atoms with Crippen molar-refractivity contribution < 1.29 is 18.4 Å². The zero-order valence-electron chi connectivity index (χ0n) is 13.2. The number of anilines is 1. The summed E-state index contributed by atoms with van der Waals surface area (Å²) >= 11 is 0. The zero-order valence-corrected chi connectivity index (χ0v) is 13.2. The molecule has 5 nitrogen and oxygen atoms in total. The van der Waals surface area contributed by atoms with Crippen molar-refractivity contribution in [3.63, 3.8) is 0 Å². The molecule has 0 bridgehead atoms. The van der Waals surface area contributed by atoms with E-state index in [1.807, 2.05) is 18.2 Å². The van der Waals surface area contributed by atoms with Crippen LogP contribution >= 0.6 is 0 Å². The molecule has 25 heavy (non-hydrogen) atoms. The molecule has 0 aliphatic carbocycles. The molecule has 0 radical (unpaired) electrons. The van der Waals surface area contributed by atoms with E-state index in [9.17, 15) is 14.0 Å². The fraction of sp³-hybridized carbons (Fsp3) is 0.158. The Bertz CT molecular complexity index is 933. The van der Waals surface area contributed by atoms with Crippen LogP contribution in [0.1, 0.15) is 17.0 Å². The molecule has 1 saturated heterocycles. The van der Waals surface area contributed by atoms with Crippen LogP contribution in [0.2, 0.25) is 0 Å². The van der Waals surface area contributed by atoms with Gasteiger partial charge in [-0.1, -0.05) is 24.3 Å². The maximum absolute atomic E-state index is 13.4. The van der Waals surface area contributed by atoms with Crippen molar-refractivity contribution in [2.75, 3.05) is 11.4 Å². The lowest BCUT2D eigenvalue weighted by atomic mass is 10.2. The highest BCUT2D eigenvalue weighted by atomic mass is 19.1. The van der Waals surface area contributed by atoms with Gasteiger partial charge in [0.1, 0.15) is 11.4 Å². The molecule has 1 unspecified atom stereocenters. The van der Waals surface area contributed by atoms with E-state index < -0.39 is 5.82 Å². The van der Waals surface area contributed by atoms with E-state index in [-0.39, 0.29) is 30.0 Å². The average molecular weight is 338 g/mol. The lowest BCUT2D eigenvalue weighted by molar-refractivity contribution is -0.117. The standard InChI is InChI=1S/C19H15FN2O3/c20-13-5-3-6-15(9-13)22-11-14(10-18(22)23)21-19(24)17-8-12-4-1-2-7-16(12)25-17/h1-9,14H,10-11H2,(H,21,24). The number of para-hydroxylation sites is 1. The number of amides is 2. The van der Waals surface area contributed by atoms with Gasteiger partial charge in [0.05, 0.1) is 6.04 Å². The third-order valence-electron chi connectivity index (χ3n) is 4.23. The summed E-state index contributed by atoms with van der Waals surface area (Å²) in [5.74, 6) is -0.714. The van der Waals surface area contributed by atoms with Crippen molar-refractivity contribution >= 4 is 28.5 Å². The summed E-state index contributed by atoms with van der Waals surface area (Å²) in [5.41, 5.74) is 1.13. The number of hydrogen-bond donors (Lipinski definition) is 1. The van der Waals surface area contributed by atoms with Gasteiger partial charge in [-0.05, 0) is 30.3 Å². The Kier molecular flexibility index (Phi) is 3.72. The highest BCUT2D eigenvalue weighted by Gasteiger charge is 2.32. The van der Waals surface area contributed by atoms with Crippen LogP contribution in [0.4, 0.5) is 10.1 Å². The van der Waals surface area contributed by atoms with E-state index >= 15 is 0 Å². The van der Waals surface area contributed by atoms with E-state index in [1.165, 1.54) is 17.0 Å². The van der Waals surface area contributed by atoms with Crippen LogP contribution in [-0.2, 0) is 4.79 Å². The van der Waals surface area contributed by atoms with Gasteiger partial charge in [-0.15, -0.1) is 0 Å². The van der Waals surface area contributed by atoms with Crippen molar-refractivity contribution in [1.82, 2.24) is 5.32 Å². The Labute approximate surface area is 143 Å². The molecule has 1 aliphatic heterocycles. The van der Waals surface area contributed by atoms with Crippen molar-refractivity contribution in [2.24, 2.45) is 0 Å². The van der Waals surface area contributed by atoms with Gasteiger partial charge >= 0.3 is 0 Å². The molecule has 1 aliphatic rings. The first-order valence-electron chi connectivity index (χ1n) is 7.95.